The van der Waals surface area contributed by atoms with Crippen LogP contribution in [0, 0.1) is 5.82 Å². The second-order valence-corrected chi connectivity index (χ2v) is 6.30. The van der Waals surface area contributed by atoms with E-state index in [9.17, 15) is 9.18 Å². The van der Waals surface area contributed by atoms with Crippen molar-refractivity contribution in [3.8, 4) is 11.4 Å². The van der Waals surface area contributed by atoms with Crippen molar-refractivity contribution in [2.75, 3.05) is 5.73 Å². The normalized spacial score (nSPS) is 10.7. The first-order valence-corrected chi connectivity index (χ1v) is 8.89. The second kappa shape index (κ2) is 7.93. The third-order valence-electron chi connectivity index (χ3n) is 4.33. The maximum atomic E-state index is 13.1. The Kier molecular flexibility index (Phi) is 5.03. The van der Waals surface area contributed by atoms with Crippen LogP contribution >= 0.6 is 0 Å². The first kappa shape index (κ1) is 18.4. The van der Waals surface area contributed by atoms with Gasteiger partial charge < -0.3 is 10.5 Å². The smallest absolute Gasteiger partial charge is 0.198 e. The molecule has 2 aromatic heterocycles. The topological polar surface area (TPSA) is 83.0 Å². The number of nitrogens with zero attached hydrogens (tertiary/aromatic N) is 3. The van der Waals surface area contributed by atoms with Gasteiger partial charge >= 0.3 is 0 Å². The molecule has 0 aliphatic carbocycles. The lowest BCUT2D eigenvalue weighted by atomic mass is 10.1. The van der Waals surface area contributed by atoms with Crippen LogP contribution in [-0.2, 0) is 6.61 Å². The van der Waals surface area contributed by atoms with E-state index < -0.39 is 0 Å². The highest BCUT2D eigenvalue weighted by molar-refractivity contribution is 6.11. The quantitative estimate of drug-likeness (QED) is 0.508. The van der Waals surface area contributed by atoms with Crippen molar-refractivity contribution in [3.05, 3.63) is 102 Å². The number of aromatic nitrogens is 3. The number of rotatable bonds is 6. The molecule has 0 aliphatic rings. The van der Waals surface area contributed by atoms with Gasteiger partial charge in [0.1, 0.15) is 24.0 Å². The van der Waals surface area contributed by atoms with Gasteiger partial charge in [-0.15, -0.1) is 0 Å². The summed E-state index contributed by atoms with van der Waals surface area (Å²) in [7, 11) is 0. The average molecular weight is 388 g/mol. The molecule has 4 aromatic rings. The van der Waals surface area contributed by atoms with Crippen LogP contribution in [0.3, 0.4) is 0 Å². The first-order chi connectivity index (χ1) is 14.1. The molecule has 2 heterocycles. The number of anilines is 1. The number of hydrogen-bond acceptors (Lipinski definition) is 5. The Bertz CT molecular complexity index is 1140. The van der Waals surface area contributed by atoms with Crippen molar-refractivity contribution in [2.24, 2.45) is 0 Å². The number of benzene rings is 2. The predicted octanol–water partition coefficient (Wildman–Crippen LogP) is 3.80. The Hall–Kier alpha value is -4.00. The van der Waals surface area contributed by atoms with Crippen LogP contribution in [-0.4, -0.2) is 20.5 Å². The SMILES string of the molecule is Nc1c(C(=O)c2cccc(OCc3ccccn3)c2)cnn1-c1ccc(F)cc1. The number of hydrogen-bond donors (Lipinski definition) is 1. The highest BCUT2D eigenvalue weighted by atomic mass is 19.1. The Balaban J connectivity index is 1.55. The summed E-state index contributed by atoms with van der Waals surface area (Å²) in [6.07, 6.45) is 3.10. The van der Waals surface area contributed by atoms with Gasteiger partial charge in [-0.1, -0.05) is 18.2 Å². The minimum absolute atomic E-state index is 0.182. The average Bonchev–Trinajstić information content (AvgIpc) is 3.14. The number of ether oxygens (including phenoxy) is 1. The number of ketones is 1. The lowest BCUT2D eigenvalue weighted by Crippen LogP contribution is -2.07. The summed E-state index contributed by atoms with van der Waals surface area (Å²) in [5.74, 6) is 0.0878. The molecule has 0 aliphatic heterocycles. The van der Waals surface area contributed by atoms with Gasteiger partial charge in [0.05, 0.1) is 23.1 Å². The molecule has 0 saturated heterocycles. The van der Waals surface area contributed by atoms with E-state index in [0.29, 0.717) is 23.6 Å². The highest BCUT2D eigenvalue weighted by Crippen LogP contribution is 2.23. The van der Waals surface area contributed by atoms with E-state index in [4.69, 9.17) is 10.5 Å². The van der Waals surface area contributed by atoms with Crippen molar-refractivity contribution >= 4 is 11.6 Å². The summed E-state index contributed by atoms with van der Waals surface area (Å²) in [6.45, 7) is 0.295. The molecule has 0 fully saturated rings. The third kappa shape index (κ3) is 3.98. The van der Waals surface area contributed by atoms with Gasteiger partial charge in [-0.25, -0.2) is 9.07 Å². The van der Waals surface area contributed by atoms with Crippen LogP contribution in [0.4, 0.5) is 10.2 Å². The van der Waals surface area contributed by atoms with Crippen molar-refractivity contribution in [1.82, 2.24) is 14.8 Å². The monoisotopic (exact) mass is 388 g/mol. The summed E-state index contributed by atoms with van der Waals surface area (Å²) in [5, 5.41) is 4.17. The van der Waals surface area contributed by atoms with Crippen molar-refractivity contribution in [3.63, 3.8) is 0 Å². The maximum Gasteiger partial charge on any atom is 0.198 e. The number of carbonyl (C=O) groups excluding carboxylic acids is 1. The molecule has 0 unspecified atom stereocenters. The molecule has 0 saturated carbocycles. The molecule has 0 spiro atoms. The van der Waals surface area contributed by atoms with Crippen LogP contribution in [0.2, 0.25) is 0 Å². The molecule has 0 atom stereocenters. The molecule has 6 nitrogen and oxygen atoms in total. The molecular weight excluding hydrogens is 371 g/mol. The number of pyridine rings is 1. The molecule has 0 bridgehead atoms. The molecule has 0 amide bonds. The van der Waals surface area contributed by atoms with Gasteiger partial charge in [0, 0.05) is 11.8 Å². The van der Waals surface area contributed by atoms with E-state index in [0.717, 1.165) is 5.69 Å². The number of halogens is 1. The van der Waals surface area contributed by atoms with E-state index in [1.807, 2.05) is 18.2 Å². The van der Waals surface area contributed by atoms with Gasteiger partial charge in [-0.05, 0) is 48.5 Å². The number of nitrogens with two attached hydrogens (primary N) is 1. The van der Waals surface area contributed by atoms with Crippen LogP contribution in [0.15, 0.2) is 79.1 Å². The fourth-order valence-corrected chi connectivity index (χ4v) is 2.84. The first-order valence-electron chi connectivity index (χ1n) is 8.89. The van der Waals surface area contributed by atoms with Crippen LogP contribution in [0.25, 0.3) is 5.69 Å². The minimum atomic E-state index is -0.363. The third-order valence-corrected chi connectivity index (χ3v) is 4.33. The second-order valence-electron chi connectivity index (χ2n) is 6.30. The van der Waals surface area contributed by atoms with E-state index in [1.165, 1.54) is 23.0 Å². The van der Waals surface area contributed by atoms with Crippen LogP contribution in [0.5, 0.6) is 5.75 Å². The van der Waals surface area contributed by atoms with Crippen molar-refractivity contribution < 1.29 is 13.9 Å². The van der Waals surface area contributed by atoms with Gasteiger partial charge in [0.2, 0.25) is 0 Å². The number of carbonyl (C=O) groups is 1. The van der Waals surface area contributed by atoms with E-state index in [1.54, 1.807) is 42.6 Å². The summed E-state index contributed by atoms with van der Waals surface area (Å²) in [5.41, 5.74) is 8.17. The Morgan fingerprint density at radius 2 is 1.90 bits per heavy atom. The molecule has 144 valence electrons. The predicted molar refractivity (Wildman–Crippen MR) is 106 cm³/mol. The lowest BCUT2D eigenvalue weighted by Gasteiger charge is -2.08. The van der Waals surface area contributed by atoms with E-state index in [2.05, 4.69) is 10.1 Å². The zero-order valence-electron chi connectivity index (χ0n) is 15.3. The summed E-state index contributed by atoms with van der Waals surface area (Å²) in [4.78, 5) is 17.1. The number of nitrogen functional groups attached to an aromatic ring is 1. The zero-order chi connectivity index (χ0) is 20.2. The molecule has 4 rings (SSSR count). The van der Waals surface area contributed by atoms with Gasteiger partial charge in [-0.2, -0.15) is 5.10 Å². The molecule has 0 radical (unpaired) electrons. The molecular formula is C22H17FN4O2. The van der Waals surface area contributed by atoms with Gasteiger partial charge in [0.25, 0.3) is 0 Å². The van der Waals surface area contributed by atoms with Crippen LogP contribution < -0.4 is 10.5 Å². The van der Waals surface area contributed by atoms with E-state index >= 15 is 0 Å². The van der Waals surface area contributed by atoms with E-state index in [-0.39, 0.29) is 23.0 Å². The van der Waals surface area contributed by atoms with Crippen molar-refractivity contribution in [2.45, 2.75) is 6.61 Å². The fourth-order valence-electron chi connectivity index (χ4n) is 2.84. The minimum Gasteiger partial charge on any atom is -0.487 e. The van der Waals surface area contributed by atoms with Gasteiger partial charge in [0.15, 0.2) is 5.78 Å². The molecule has 2 aromatic carbocycles. The maximum absolute atomic E-state index is 13.1. The Morgan fingerprint density at radius 3 is 2.66 bits per heavy atom. The highest BCUT2D eigenvalue weighted by Gasteiger charge is 2.18. The summed E-state index contributed by atoms with van der Waals surface area (Å²) in [6, 6.07) is 18.1. The van der Waals surface area contributed by atoms with Gasteiger partial charge in [-0.3, -0.25) is 9.78 Å². The summed E-state index contributed by atoms with van der Waals surface area (Å²) >= 11 is 0. The van der Waals surface area contributed by atoms with Crippen LogP contribution in [0.1, 0.15) is 21.6 Å². The zero-order valence-corrected chi connectivity index (χ0v) is 15.3. The Morgan fingerprint density at radius 1 is 1.07 bits per heavy atom. The lowest BCUT2D eigenvalue weighted by molar-refractivity contribution is 0.103. The standard InChI is InChI=1S/C22H17FN4O2/c23-16-7-9-18(10-8-16)27-22(24)20(13-26-27)21(28)15-4-3-6-19(12-15)29-14-17-5-1-2-11-25-17/h1-13H,14,24H2. The summed E-state index contributed by atoms with van der Waals surface area (Å²) < 4.78 is 20.3. The largest absolute Gasteiger partial charge is 0.487 e. The molecule has 7 heteroatoms. The Labute approximate surface area is 166 Å². The van der Waals surface area contributed by atoms with Crippen molar-refractivity contribution in [1.29, 1.82) is 0 Å². The fraction of sp³-hybridized carbons (Fsp3) is 0.0455. The molecule has 2 N–H and O–H groups in total. The molecule has 29 heavy (non-hydrogen) atoms.